The minimum absolute atomic E-state index is 0.0260. The third kappa shape index (κ3) is 9.90. The molecule has 0 radical (unpaired) electrons. The molecule has 11 nitrogen and oxygen atoms in total. The van der Waals surface area contributed by atoms with Crippen LogP contribution in [0.3, 0.4) is 0 Å². The van der Waals surface area contributed by atoms with Crippen LogP contribution in [0.1, 0.15) is 67.4 Å². The average Bonchev–Trinajstić information content (AvgIpc) is 3.16. The van der Waals surface area contributed by atoms with E-state index >= 15 is 0 Å². The van der Waals surface area contributed by atoms with Gasteiger partial charge in [0.15, 0.2) is 18.0 Å². The molecular formula is C30H46O11. The Morgan fingerprint density at radius 1 is 0.951 bits per heavy atom. The van der Waals surface area contributed by atoms with E-state index < -0.39 is 65.6 Å². The summed E-state index contributed by atoms with van der Waals surface area (Å²) in [4.78, 5) is 25.6. The molecule has 1 aromatic carbocycles. The highest BCUT2D eigenvalue weighted by atomic mass is 16.8. The molecule has 0 unspecified atom stereocenters. The van der Waals surface area contributed by atoms with Gasteiger partial charge in [0.25, 0.3) is 0 Å². The SMILES string of the molecule is COc1ccc(CO[C@@H]2[C@H]3OC(C)(C)O[C@H]3[C@@H](COCCC(C(=O)OC(C)(C)C)C(=O)OC(C)(C)C)O[C@@H]2O)cc1. The molecule has 1 aromatic rings. The summed E-state index contributed by atoms with van der Waals surface area (Å²) in [6.07, 6.45) is -3.93. The van der Waals surface area contributed by atoms with Crippen LogP contribution in [0.4, 0.5) is 0 Å². The number of rotatable bonds is 11. The predicted molar refractivity (Wildman–Crippen MR) is 147 cm³/mol. The van der Waals surface area contributed by atoms with Crippen LogP contribution < -0.4 is 4.74 Å². The van der Waals surface area contributed by atoms with Gasteiger partial charge in [0.1, 0.15) is 41.4 Å². The van der Waals surface area contributed by atoms with E-state index in [2.05, 4.69) is 0 Å². The van der Waals surface area contributed by atoms with Gasteiger partial charge in [-0.05, 0) is 79.5 Å². The summed E-state index contributed by atoms with van der Waals surface area (Å²) in [7, 11) is 1.60. The van der Waals surface area contributed by atoms with Crippen LogP contribution in [0.2, 0.25) is 0 Å². The molecule has 0 amide bonds. The van der Waals surface area contributed by atoms with Crippen LogP contribution in [0, 0.1) is 5.92 Å². The third-order valence-electron chi connectivity index (χ3n) is 6.27. The van der Waals surface area contributed by atoms with Crippen LogP contribution in [0.5, 0.6) is 5.75 Å². The Morgan fingerprint density at radius 2 is 1.51 bits per heavy atom. The van der Waals surface area contributed by atoms with Gasteiger partial charge in [0, 0.05) is 6.61 Å². The molecule has 0 aromatic heterocycles. The number of ether oxygens (including phenoxy) is 8. The van der Waals surface area contributed by atoms with E-state index in [1.54, 1.807) is 62.5 Å². The normalized spacial score (nSPS) is 26.0. The zero-order valence-electron chi connectivity index (χ0n) is 25.6. The van der Waals surface area contributed by atoms with Crippen molar-refractivity contribution in [2.45, 2.75) is 116 Å². The van der Waals surface area contributed by atoms with Crippen molar-refractivity contribution in [3.8, 4) is 5.75 Å². The lowest BCUT2D eigenvalue weighted by Gasteiger charge is -2.39. The van der Waals surface area contributed by atoms with E-state index in [0.717, 1.165) is 11.3 Å². The zero-order valence-corrected chi connectivity index (χ0v) is 25.6. The van der Waals surface area contributed by atoms with Gasteiger partial charge in [-0.2, -0.15) is 0 Å². The summed E-state index contributed by atoms with van der Waals surface area (Å²) in [5, 5.41) is 10.8. The highest BCUT2D eigenvalue weighted by Crippen LogP contribution is 2.38. The van der Waals surface area contributed by atoms with Crippen molar-refractivity contribution in [2.75, 3.05) is 20.3 Å². The first-order chi connectivity index (χ1) is 19.0. The summed E-state index contributed by atoms with van der Waals surface area (Å²) in [5.41, 5.74) is -0.641. The van der Waals surface area contributed by atoms with Gasteiger partial charge in [0.05, 0.1) is 20.3 Å². The summed E-state index contributed by atoms with van der Waals surface area (Å²) < 4.78 is 46.0. The molecule has 232 valence electrons. The van der Waals surface area contributed by atoms with Gasteiger partial charge in [0.2, 0.25) is 0 Å². The van der Waals surface area contributed by atoms with Crippen LogP contribution in [0.25, 0.3) is 0 Å². The molecular weight excluding hydrogens is 536 g/mol. The van der Waals surface area contributed by atoms with Crippen molar-refractivity contribution in [1.29, 1.82) is 0 Å². The monoisotopic (exact) mass is 582 g/mol. The van der Waals surface area contributed by atoms with Gasteiger partial charge in [-0.3, -0.25) is 9.59 Å². The maximum Gasteiger partial charge on any atom is 0.320 e. The second-order valence-corrected chi connectivity index (χ2v) is 12.7. The van der Waals surface area contributed by atoms with E-state index in [-0.39, 0.29) is 26.2 Å². The highest BCUT2D eigenvalue weighted by Gasteiger charge is 2.55. The summed E-state index contributed by atoms with van der Waals surface area (Å²) in [5.74, 6) is -2.70. The van der Waals surface area contributed by atoms with Gasteiger partial charge in [-0.1, -0.05) is 12.1 Å². The minimum Gasteiger partial charge on any atom is -0.497 e. The molecule has 2 fully saturated rings. The molecule has 1 N–H and O–H groups in total. The Bertz CT molecular complexity index is 981. The lowest BCUT2D eigenvalue weighted by atomic mass is 9.99. The van der Waals surface area contributed by atoms with Crippen molar-refractivity contribution in [3.63, 3.8) is 0 Å². The Kier molecular flexibility index (Phi) is 10.8. The topological polar surface area (TPSA) is 128 Å². The average molecular weight is 583 g/mol. The van der Waals surface area contributed by atoms with Crippen LogP contribution in [-0.2, 0) is 49.4 Å². The molecule has 0 aliphatic carbocycles. The van der Waals surface area contributed by atoms with Gasteiger partial charge in [-0.25, -0.2) is 0 Å². The second kappa shape index (κ2) is 13.4. The van der Waals surface area contributed by atoms with Crippen molar-refractivity contribution in [1.82, 2.24) is 0 Å². The predicted octanol–water partition coefficient (Wildman–Crippen LogP) is 3.52. The molecule has 2 heterocycles. The minimum atomic E-state index is -1.29. The molecule has 3 rings (SSSR count). The van der Waals surface area contributed by atoms with E-state index in [1.165, 1.54) is 0 Å². The Hall–Kier alpha value is -2.28. The van der Waals surface area contributed by atoms with Crippen LogP contribution in [-0.4, -0.2) is 85.1 Å². The Labute approximate surface area is 242 Å². The number of carbonyl (C=O) groups is 2. The molecule has 11 heteroatoms. The first-order valence-corrected chi connectivity index (χ1v) is 14.0. The first kappa shape index (κ1) is 33.2. The van der Waals surface area contributed by atoms with E-state index in [0.29, 0.717) is 0 Å². The Balaban J connectivity index is 1.60. The van der Waals surface area contributed by atoms with Crippen molar-refractivity contribution < 1.29 is 52.6 Å². The fourth-order valence-corrected chi connectivity index (χ4v) is 4.56. The molecule has 5 atom stereocenters. The largest absolute Gasteiger partial charge is 0.497 e. The fraction of sp³-hybridized carbons (Fsp3) is 0.733. The number of hydrogen-bond donors (Lipinski definition) is 1. The summed E-state index contributed by atoms with van der Waals surface area (Å²) >= 11 is 0. The van der Waals surface area contributed by atoms with Crippen molar-refractivity contribution >= 4 is 11.9 Å². The molecule has 0 spiro atoms. The van der Waals surface area contributed by atoms with Crippen LogP contribution >= 0.6 is 0 Å². The highest BCUT2D eigenvalue weighted by molar-refractivity contribution is 5.95. The van der Waals surface area contributed by atoms with E-state index in [1.807, 2.05) is 24.3 Å². The maximum absolute atomic E-state index is 12.8. The number of benzene rings is 1. The third-order valence-corrected chi connectivity index (χ3v) is 6.27. The fourth-order valence-electron chi connectivity index (χ4n) is 4.56. The first-order valence-electron chi connectivity index (χ1n) is 14.0. The Morgan fingerprint density at radius 3 is 2.05 bits per heavy atom. The van der Waals surface area contributed by atoms with E-state index in [9.17, 15) is 14.7 Å². The number of esters is 2. The van der Waals surface area contributed by atoms with Crippen molar-refractivity contribution in [3.05, 3.63) is 29.8 Å². The number of aliphatic hydroxyl groups excluding tert-OH is 1. The van der Waals surface area contributed by atoms with E-state index in [4.69, 9.17) is 37.9 Å². The maximum atomic E-state index is 12.8. The number of aliphatic hydroxyl groups is 1. The number of carbonyl (C=O) groups excluding carboxylic acids is 2. The lowest BCUT2D eigenvalue weighted by Crippen LogP contribution is -2.58. The molecule has 2 aliphatic heterocycles. The summed E-state index contributed by atoms with van der Waals surface area (Å²) in [6, 6.07) is 7.41. The molecule has 2 aliphatic rings. The zero-order chi connectivity index (χ0) is 30.6. The molecule has 2 saturated heterocycles. The molecule has 41 heavy (non-hydrogen) atoms. The molecule has 0 bridgehead atoms. The quantitative estimate of drug-likeness (QED) is 0.234. The standard InChI is InChI=1S/C30H46O11/c1-28(2,3)40-25(31)20(26(32)41-29(4,5)6)14-15-35-17-21-22-23(39-30(7,8)38-22)24(27(33)37-21)36-16-18-10-12-19(34-9)13-11-18/h10-13,20-24,27,33H,14-17H2,1-9H3/t21-,22+,23+,24-,27+/m1/s1. The number of methoxy groups -OCH3 is 1. The second-order valence-electron chi connectivity index (χ2n) is 12.7. The number of hydrogen-bond acceptors (Lipinski definition) is 11. The molecule has 0 saturated carbocycles. The van der Waals surface area contributed by atoms with Gasteiger partial charge < -0.3 is 43.0 Å². The van der Waals surface area contributed by atoms with Gasteiger partial charge >= 0.3 is 11.9 Å². The van der Waals surface area contributed by atoms with Gasteiger partial charge in [-0.15, -0.1) is 0 Å². The smallest absolute Gasteiger partial charge is 0.320 e. The van der Waals surface area contributed by atoms with Crippen molar-refractivity contribution in [2.24, 2.45) is 5.92 Å². The van der Waals surface area contributed by atoms with Crippen LogP contribution in [0.15, 0.2) is 24.3 Å². The number of fused-ring (bicyclic) bond motifs is 1. The lowest BCUT2D eigenvalue weighted by molar-refractivity contribution is -0.280. The summed E-state index contributed by atoms with van der Waals surface area (Å²) in [6.45, 7) is 14.2.